The van der Waals surface area contributed by atoms with E-state index in [4.69, 9.17) is 15.3 Å². The van der Waals surface area contributed by atoms with Crippen molar-refractivity contribution in [1.82, 2.24) is 0 Å². The molecule has 17 heavy (non-hydrogen) atoms. The molecule has 0 radical (unpaired) electrons. The normalized spacial score (nSPS) is 13.6. The van der Waals surface area contributed by atoms with E-state index in [0.29, 0.717) is 0 Å². The SMILES string of the molecule is CCCSSSC(CO)C(CO)(CO)C(=O)O. The molecule has 0 aliphatic carbocycles. The zero-order chi connectivity index (χ0) is 13.3. The second kappa shape index (κ2) is 9.35. The van der Waals surface area contributed by atoms with Crippen LogP contribution in [0, 0.1) is 5.41 Å². The number of aliphatic carboxylic acids is 1. The van der Waals surface area contributed by atoms with Gasteiger partial charge in [-0.3, -0.25) is 4.79 Å². The van der Waals surface area contributed by atoms with Gasteiger partial charge in [-0.1, -0.05) is 28.5 Å². The Kier molecular flexibility index (Phi) is 9.57. The Hall–Kier alpha value is 0.400. The van der Waals surface area contributed by atoms with Gasteiger partial charge in [-0.05, 0) is 16.2 Å². The third-order valence-corrected chi connectivity index (χ3v) is 7.14. The minimum atomic E-state index is -1.70. The average molecular weight is 302 g/mol. The van der Waals surface area contributed by atoms with Gasteiger partial charge in [0.1, 0.15) is 5.41 Å². The lowest BCUT2D eigenvalue weighted by atomic mass is 9.86. The van der Waals surface area contributed by atoms with Crippen LogP contribution < -0.4 is 0 Å². The predicted octanol–water partition coefficient (Wildman–Crippen LogP) is 0.842. The van der Waals surface area contributed by atoms with Gasteiger partial charge < -0.3 is 20.4 Å². The number of carbonyl (C=O) groups is 1. The summed E-state index contributed by atoms with van der Waals surface area (Å²) in [5, 5.41) is 35.9. The molecule has 0 aromatic carbocycles. The van der Waals surface area contributed by atoms with Crippen molar-refractivity contribution >= 4 is 37.4 Å². The van der Waals surface area contributed by atoms with Crippen LogP contribution in [-0.2, 0) is 4.79 Å². The van der Waals surface area contributed by atoms with Crippen LogP contribution in [0.4, 0.5) is 0 Å². The Labute approximate surface area is 112 Å². The summed E-state index contributed by atoms with van der Waals surface area (Å²) < 4.78 is 0. The van der Waals surface area contributed by atoms with E-state index >= 15 is 0 Å². The first-order chi connectivity index (χ1) is 8.08. The van der Waals surface area contributed by atoms with Crippen LogP contribution >= 0.6 is 31.4 Å². The largest absolute Gasteiger partial charge is 0.481 e. The molecule has 0 amide bonds. The third kappa shape index (κ3) is 4.88. The molecule has 0 aliphatic rings. The van der Waals surface area contributed by atoms with Gasteiger partial charge in [-0.15, -0.1) is 0 Å². The highest BCUT2D eigenvalue weighted by Crippen LogP contribution is 2.44. The van der Waals surface area contributed by atoms with Crippen LogP contribution in [0.1, 0.15) is 13.3 Å². The molecule has 5 nitrogen and oxygen atoms in total. The summed E-state index contributed by atoms with van der Waals surface area (Å²) in [6, 6.07) is 0. The molecule has 0 bridgehead atoms. The van der Waals surface area contributed by atoms with Crippen LogP contribution in [0.5, 0.6) is 0 Å². The van der Waals surface area contributed by atoms with E-state index in [9.17, 15) is 9.90 Å². The minimum Gasteiger partial charge on any atom is -0.481 e. The molecule has 0 heterocycles. The number of hydrogen-bond acceptors (Lipinski definition) is 7. The van der Waals surface area contributed by atoms with Gasteiger partial charge in [-0.2, -0.15) is 0 Å². The van der Waals surface area contributed by atoms with E-state index in [1.54, 1.807) is 10.8 Å². The lowest BCUT2D eigenvalue weighted by Gasteiger charge is -2.31. The van der Waals surface area contributed by atoms with Gasteiger partial charge in [0.05, 0.1) is 25.1 Å². The van der Waals surface area contributed by atoms with Gasteiger partial charge >= 0.3 is 5.97 Å². The summed E-state index contributed by atoms with van der Waals surface area (Å²) >= 11 is 0. The number of rotatable bonds is 10. The van der Waals surface area contributed by atoms with Crippen molar-refractivity contribution in [2.75, 3.05) is 25.6 Å². The van der Waals surface area contributed by atoms with Crippen molar-refractivity contribution in [3.05, 3.63) is 0 Å². The number of carboxylic acids is 1. The van der Waals surface area contributed by atoms with Crippen LogP contribution in [-0.4, -0.2) is 57.2 Å². The van der Waals surface area contributed by atoms with Crippen molar-refractivity contribution in [2.24, 2.45) is 5.41 Å². The maximum absolute atomic E-state index is 11.1. The third-order valence-electron chi connectivity index (χ3n) is 2.26. The average Bonchev–Trinajstić information content (AvgIpc) is 2.33. The van der Waals surface area contributed by atoms with E-state index in [0.717, 1.165) is 12.2 Å². The highest BCUT2D eigenvalue weighted by atomic mass is 33.5. The first-order valence-corrected chi connectivity index (χ1v) is 8.81. The molecular weight excluding hydrogens is 284 g/mol. The zero-order valence-electron chi connectivity index (χ0n) is 9.53. The molecule has 0 saturated heterocycles. The summed E-state index contributed by atoms with van der Waals surface area (Å²) in [5.41, 5.74) is -1.70. The van der Waals surface area contributed by atoms with E-state index in [1.165, 1.54) is 20.6 Å². The standard InChI is InChI=1S/C9H18O5S3/c1-2-3-15-17-16-7(4-10)9(5-11,6-12)8(13)14/h7,10-12H,2-6H2,1H3,(H,13,14). The molecule has 102 valence electrons. The van der Waals surface area contributed by atoms with E-state index in [-0.39, 0.29) is 0 Å². The topological polar surface area (TPSA) is 98.0 Å². The minimum absolute atomic E-state index is 0.405. The lowest BCUT2D eigenvalue weighted by molar-refractivity contribution is -0.155. The summed E-state index contributed by atoms with van der Waals surface area (Å²) in [5.74, 6) is -0.371. The fraction of sp³-hybridized carbons (Fsp3) is 0.889. The molecule has 0 saturated carbocycles. The molecular formula is C9H18O5S3. The van der Waals surface area contributed by atoms with E-state index < -0.39 is 36.5 Å². The van der Waals surface area contributed by atoms with Crippen LogP contribution in [0.25, 0.3) is 0 Å². The summed E-state index contributed by atoms with van der Waals surface area (Å²) in [6.45, 7) is 0.231. The van der Waals surface area contributed by atoms with Crippen LogP contribution in [0.15, 0.2) is 0 Å². The first-order valence-electron chi connectivity index (χ1n) is 5.10. The van der Waals surface area contributed by atoms with Gasteiger partial charge in [0.25, 0.3) is 0 Å². The van der Waals surface area contributed by atoms with E-state index in [2.05, 4.69) is 0 Å². The first kappa shape index (κ1) is 17.4. The van der Waals surface area contributed by atoms with Gasteiger partial charge in [-0.25, -0.2) is 0 Å². The Morgan fingerprint density at radius 3 is 2.24 bits per heavy atom. The molecule has 0 rings (SSSR count). The Morgan fingerprint density at radius 2 is 1.88 bits per heavy atom. The highest BCUT2D eigenvalue weighted by Gasteiger charge is 2.45. The maximum Gasteiger partial charge on any atom is 0.315 e. The van der Waals surface area contributed by atoms with Crippen molar-refractivity contribution in [2.45, 2.75) is 18.6 Å². The van der Waals surface area contributed by atoms with Crippen molar-refractivity contribution in [3.8, 4) is 0 Å². The predicted molar refractivity (Wildman–Crippen MR) is 73.0 cm³/mol. The molecule has 1 atom stereocenters. The van der Waals surface area contributed by atoms with E-state index in [1.807, 2.05) is 6.92 Å². The smallest absolute Gasteiger partial charge is 0.315 e. The second-order valence-corrected chi connectivity index (χ2v) is 7.89. The van der Waals surface area contributed by atoms with Crippen molar-refractivity contribution in [1.29, 1.82) is 0 Å². The Balaban J connectivity index is 4.51. The molecule has 0 fully saturated rings. The lowest BCUT2D eigenvalue weighted by Crippen LogP contribution is -2.48. The molecule has 0 aromatic rings. The zero-order valence-corrected chi connectivity index (χ0v) is 12.0. The second-order valence-electron chi connectivity index (χ2n) is 3.43. The fourth-order valence-electron chi connectivity index (χ4n) is 1.02. The maximum atomic E-state index is 11.1. The van der Waals surface area contributed by atoms with Gasteiger partial charge in [0.2, 0.25) is 0 Å². The number of hydrogen-bond donors (Lipinski definition) is 4. The van der Waals surface area contributed by atoms with Crippen LogP contribution in [0.3, 0.4) is 0 Å². The number of carboxylic acid groups (broad SMARTS) is 1. The summed E-state index contributed by atoms with van der Waals surface area (Å²) in [7, 11) is 4.11. The molecule has 0 spiro atoms. The molecule has 0 aromatic heterocycles. The Bertz CT molecular complexity index is 223. The summed E-state index contributed by atoms with van der Waals surface area (Å²) in [6.07, 6.45) is 1.01. The molecule has 0 aliphatic heterocycles. The summed E-state index contributed by atoms with van der Waals surface area (Å²) in [4.78, 5) is 11.1. The molecule has 8 heteroatoms. The van der Waals surface area contributed by atoms with Crippen LogP contribution in [0.2, 0.25) is 0 Å². The molecule has 4 N–H and O–H groups in total. The quantitative estimate of drug-likeness (QED) is 0.348. The Morgan fingerprint density at radius 1 is 1.29 bits per heavy atom. The van der Waals surface area contributed by atoms with Crippen molar-refractivity contribution < 1.29 is 25.2 Å². The van der Waals surface area contributed by atoms with Crippen molar-refractivity contribution in [3.63, 3.8) is 0 Å². The van der Waals surface area contributed by atoms with Gasteiger partial charge in [0.15, 0.2) is 0 Å². The van der Waals surface area contributed by atoms with Gasteiger partial charge in [0, 0.05) is 5.75 Å². The highest BCUT2D eigenvalue weighted by molar-refractivity contribution is 9.09. The number of aliphatic hydroxyl groups is 3. The monoisotopic (exact) mass is 302 g/mol. The molecule has 1 unspecified atom stereocenters. The number of aliphatic hydroxyl groups excluding tert-OH is 3. The fourth-order valence-corrected chi connectivity index (χ4v) is 5.75.